The molecule has 0 aliphatic heterocycles. The van der Waals surface area contributed by atoms with E-state index in [1.807, 2.05) is 36.4 Å². The maximum Gasteiger partial charge on any atom is 0.234 e. The van der Waals surface area contributed by atoms with Gasteiger partial charge in [-0.15, -0.1) is 0 Å². The van der Waals surface area contributed by atoms with Gasteiger partial charge in [-0.25, -0.2) is 0 Å². The average Bonchev–Trinajstić information content (AvgIpc) is 2.66. The van der Waals surface area contributed by atoms with Crippen LogP contribution in [0, 0.1) is 5.92 Å². The Kier molecular flexibility index (Phi) is 6.24. The first-order valence-electron chi connectivity index (χ1n) is 9.36. The van der Waals surface area contributed by atoms with Crippen LogP contribution in [0.1, 0.15) is 49.8 Å². The molecule has 1 saturated carbocycles. The zero-order valence-electron chi connectivity index (χ0n) is 14.9. The predicted molar refractivity (Wildman–Crippen MR) is 102 cm³/mol. The van der Waals surface area contributed by atoms with Gasteiger partial charge < -0.3 is 5.32 Å². The molecule has 0 unspecified atom stereocenters. The van der Waals surface area contributed by atoms with E-state index in [-0.39, 0.29) is 11.9 Å². The molecule has 0 spiro atoms. The molecule has 3 nitrogen and oxygen atoms in total. The van der Waals surface area contributed by atoms with E-state index < -0.39 is 0 Å². The molecular weight excluding hydrogens is 308 g/mol. The Hall–Kier alpha value is -2.13. The Morgan fingerprint density at radius 2 is 1.52 bits per heavy atom. The van der Waals surface area contributed by atoms with Gasteiger partial charge in [0.05, 0.1) is 12.6 Å². The lowest BCUT2D eigenvalue weighted by molar-refractivity contribution is -0.121. The van der Waals surface area contributed by atoms with Crippen molar-refractivity contribution < 1.29 is 4.79 Å². The number of benzene rings is 2. The van der Waals surface area contributed by atoms with Crippen molar-refractivity contribution in [3.63, 3.8) is 0 Å². The van der Waals surface area contributed by atoms with Crippen molar-refractivity contribution in [2.75, 3.05) is 6.54 Å². The third-order valence-corrected chi connectivity index (χ3v) is 5.19. The highest BCUT2D eigenvalue weighted by molar-refractivity contribution is 5.78. The SMILES string of the molecule is C[C@H]1CCCC[C@@H]1NC(=O)CNC(c1ccccc1)c1ccccc1. The van der Waals surface area contributed by atoms with Crippen LogP contribution in [-0.4, -0.2) is 18.5 Å². The lowest BCUT2D eigenvalue weighted by atomic mass is 9.86. The molecule has 132 valence electrons. The number of amides is 1. The Balaban J connectivity index is 1.64. The Labute approximate surface area is 150 Å². The summed E-state index contributed by atoms with van der Waals surface area (Å²) in [6, 6.07) is 21.0. The Morgan fingerprint density at radius 1 is 0.960 bits per heavy atom. The second kappa shape index (κ2) is 8.82. The molecule has 1 aliphatic carbocycles. The van der Waals surface area contributed by atoms with Gasteiger partial charge in [-0.3, -0.25) is 10.1 Å². The highest BCUT2D eigenvalue weighted by Gasteiger charge is 2.23. The third-order valence-electron chi connectivity index (χ3n) is 5.19. The van der Waals surface area contributed by atoms with Crippen molar-refractivity contribution in [1.82, 2.24) is 10.6 Å². The lowest BCUT2D eigenvalue weighted by Gasteiger charge is -2.30. The summed E-state index contributed by atoms with van der Waals surface area (Å²) in [6.45, 7) is 2.58. The summed E-state index contributed by atoms with van der Waals surface area (Å²) < 4.78 is 0. The molecule has 2 aromatic rings. The fourth-order valence-corrected chi connectivity index (χ4v) is 3.70. The molecule has 0 saturated heterocycles. The maximum absolute atomic E-state index is 12.5. The highest BCUT2D eigenvalue weighted by atomic mass is 16.2. The van der Waals surface area contributed by atoms with Gasteiger partial charge in [0.15, 0.2) is 0 Å². The van der Waals surface area contributed by atoms with E-state index in [1.54, 1.807) is 0 Å². The minimum absolute atomic E-state index is 0.0249. The summed E-state index contributed by atoms with van der Waals surface area (Å²) in [4.78, 5) is 12.5. The van der Waals surface area contributed by atoms with E-state index in [0.717, 1.165) is 6.42 Å². The molecule has 3 rings (SSSR count). The van der Waals surface area contributed by atoms with Crippen molar-refractivity contribution in [3.8, 4) is 0 Å². The quantitative estimate of drug-likeness (QED) is 0.835. The van der Waals surface area contributed by atoms with Crippen LogP contribution in [0.4, 0.5) is 0 Å². The highest BCUT2D eigenvalue weighted by Crippen LogP contribution is 2.24. The molecule has 0 heterocycles. The smallest absolute Gasteiger partial charge is 0.234 e. The molecule has 0 aromatic heterocycles. The summed E-state index contributed by atoms with van der Waals surface area (Å²) in [7, 11) is 0. The number of nitrogens with one attached hydrogen (secondary N) is 2. The Bertz CT molecular complexity index is 617. The second-order valence-corrected chi connectivity index (χ2v) is 7.07. The molecule has 1 amide bonds. The summed E-state index contributed by atoms with van der Waals surface area (Å²) in [5.74, 6) is 0.673. The van der Waals surface area contributed by atoms with Crippen LogP contribution in [0.5, 0.6) is 0 Å². The van der Waals surface area contributed by atoms with Gasteiger partial charge >= 0.3 is 0 Å². The van der Waals surface area contributed by atoms with E-state index in [1.165, 1.54) is 30.4 Å². The van der Waals surface area contributed by atoms with Crippen molar-refractivity contribution in [2.24, 2.45) is 5.92 Å². The van der Waals surface area contributed by atoms with Gasteiger partial charge in [0.1, 0.15) is 0 Å². The zero-order valence-corrected chi connectivity index (χ0v) is 14.9. The predicted octanol–water partition coefficient (Wildman–Crippen LogP) is 4.06. The van der Waals surface area contributed by atoms with Gasteiger partial charge in [-0.2, -0.15) is 0 Å². The number of carbonyl (C=O) groups is 1. The minimum Gasteiger partial charge on any atom is -0.352 e. The van der Waals surface area contributed by atoms with Crippen LogP contribution in [0.3, 0.4) is 0 Å². The minimum atomic E-state index is 0.0249. The van der Waals surface area contributed by atoms with Crippen molar-refractivity contribution in [3.05, 3.63) is 71.8 Å². The monoisotopic (exact) mass is 336 g/mol. The maximum atomic E-state index is 12.5. The first-order valence-corrected chi connectivity index (χ1v) is 9.36. The molecule has 25 heavy (non-hydrogen) atoms. The number of hydrogen-bond donors (Lipinski definition) is 2. The van der Waals surface area contributed by atoms with Crippen LogP contribution in [-0.2, 0) is 4.79 Å². The van der Waals surface area contributed by atoms with Crippen LogP contribution in [0.15, 0.2) is 60.7 Å². The first-order chi connectivity index (χ1) is 12.2. The lowest BCUT2D eigenvalue weighted by Crippen LogP contribution is -2.45. The van der Waals surface area contributed by atoms with E-state index in [9.17, 15) is 4.79 Å². The van der Waals surface area contributed by atoms with E-state index >= 15 is 0 Å². The van der Waals surface area contributed by atoms with E-state index in [4.69, 9.17) is 0 Å². The number of rotatable bonds is 6. The number of hydrogen-bond acceptors (Lipinski definition) is 2. The zero-order chi connectivity index (χ0) is 17.5. The van der Waals surface area contributed by atoms with Crippen LogP contribution < -0.4 is 10.6 Å². The van der Waals surface area contributed by atoms with E-state index in [0.29, 0.717) is 18.5 Å². The molecule has 2 atom stereocenters. The van der Waals surface area contributed by atoms with Crippen molar-refractivity contribution in [2.45, 2.75) is 44.7 Å². The summed E-state index contributed by atoms with van der Waals surface area (Å²) in [5, 5.41) is 6.67. The van der Waals surface area contributed by atoms with Crippen molar-refractivity contribution in [1.29, 1.82) is 0 Å². The van der Waals surface area contributed by atoms with Gasteiger partial charge in [-0.05, 0) is 29.9 Å². The first kappa shape index (κ1) is 17.7. The molecule has 0 bridgehead atoms. The largest absolute Gasteiger partial charge is 0.352 e. The topological polar surface area (TPSA) is 41.1 Å². The fourth-order valence-electron chi connectivity index (χ4n) is 3.70. The molecule has 3 heteroatoms. The average molecular weight is 336 g/mol. The molecule has 2 aromatic carbocycles. The molecule has 2 N–H and O–H groups in total. The van der Waals surface area contributed by atoms with Gasteiger partial charge in [-0.1, -0.05) is 80.4 Å². The van der Waals surface area contributed by atoms with Crippen molar-refractivity contribution >= 4 is 5.91 Å². The second-order valence-electron chi connectivity index (χ2n) is 7.07. The summed E-state index contributed by atoms with van der Waals surface area (Å²) in [5.41, 5.74) is 2.35. The molecule has 1 fully saturated rings. The van der Waals surface area contributed by atoms with Gasteiger partial charge in [0.2, 0.25) is 5.91 Å². The summed E-state index contributed by atoms with van der Waals surface area (Å²) >= 11 is 0. The standard InChI is InChI=1S/C22H28N2O/c1-17-10-8-9-15-20(17)24-21(25)16-23-22(18-11-4-2-5-12-18)19-13-6-3-7-14-19/h2-7,11-14,17,20,22-23H,8-10,15-16H2,1H3,(H,24,25)/t17-,20-/m0/s1. The fraction of sp³-hybridized carbons (Fsp3) is 0.409. The van der Waals surface area contributed by atoms with Crippen LogP contribution >= 0.6 is 0 Å². The van der Waals surface area contributed by atoms with E-state index in [2.05, 4.69) is 41.8 Å². The van der Waals surface area contributed by atoms with Gasteiger partial charge in [0.25, 0.3) is 0 Å². The van der Waals surface area contributed by atoms with Crippen LogP contribution in [0.2, 0.25) is 0 Å². The normalized spacial score (nSPS) is 20.4. The van der Waals surface area contributed by atoms with Crippen LogP contribution in [0.25, 0.3) is 0 Å². The molecular formula is C22H28N2O. The summed E-state index contributed by atoms with van der Waals surface area (Å²) in [6.07, 6.45) is 4.83. The third kappa shape index (κ3) is 4.93. The Morgan fingerprint density at radius 3 is 2.08 bits per heavy atom. The molecule has 0 radical (unpaired) electrons. The van der Waals surface area contributed by atoms with Gasteiger partial charge in [0, 0.05) is 6.04 Å². The number of carbonyl (C=O) groups excluding carboxylic acids is 1. The molecule has 1 aliphatic rings.